The van der Waals surface area contributed by atoms with E-state index in [9.17, 15) is 18.0 Å². The van der Waals surface area contributed by atoms with Crippen LogP contribution in [0.2, 0.25) is 0 Å². The Morgan fingerprint density at radius 2 is 1.79 bits per heavy atom. The summed E-state index contributed by atoms with van der Waals surface area (Å²) >= 11 is 0. The van der Waals surface area contributed by atoms with E-state index in [0.29, 0.717) is 18.8 Å². The van der Waals surface area contributed by atoms with Crippen molar-refractivity contribution in [1.82, 2.24) is 15.2 Å². The predicted molar refractivity (Wildman–Crippen MR) is 110 cm³/mol. The monoisotopic (exact) mass is 416 g/mol. The smallest absolute Gasteiger partial charge is 0.241 e. The van der Waals surface area contributed by atoms with Crippen LogP contribution in [0.25, 0.3) is 0 Å². The largest absolute Gasteiger partial charge is 0.354 e. The van der Waals surface area contributed by atoms with E-state index >= 15 is 0 Å². The van der Waals surface area contributed by atoms with Crippen LogP contribution in [0, 0.1) is 0 Å². The molecule has 1 fully saturated rings. The number of hydrogen-bond acceptors (Lipinski definition) is 6. The lowest BCUT2D eigenvalue weighted by Gasteiger charge is -2.33. The molecule has 1 aliphatic rings. The van der Waals surface area contributed by atoms with Crippen LogP contribution in [0.5, 0.6) is 0 Å². The Bertz CT molecular complexity index is 921. The Labute approximate surface area is 170 Å². The quantitative estimate of drug-likeness (QED) is 0.697. The fourth-order valence-electron chi connectivity index (χ4n) is 3.20. The van der Waals surface area contributed by atoms with Crippen LogP contribution in [0.15, 0.2) is 54.9 Å². The molecule has 1 unspecified atom stereocenters. The van der Waals surface area contributed by atoms with Crippen LogP contribution in [-0.4, -0.2) is 61.3 Å². The Morgan fingerprint density at radius 1 is 1.07 bits per heavy atom. The molecule has 2 heterocycles. The molecular weight excluding hydrogens is 392 g/mol. The third-order valence-electron chi connectivity index (χ3n) is 4.70. The van der Waals surface area contributed by atoms with Crippen molar-refractivity contribution >= 4 is 27.3 Å². The average Bonchev–Trinajstić information content (AvgIpc) is 2.71. The van der Waals surface area contributed by atoms with E-state index in [1.54, 1.807) is 24.5 Å². The number of benzene rings is 1. The van der Waals surface area contributed by atoms with Crippen LogP contribution < -0.4 is 10.6 Å². The normalized spacial score (nSPS) is 17.2. The average molecular weight is 417 g/mol. The Kier molecular flexibility index (Phi) is 6.95. The number of aromatic nitrogens is 1. The van der Waals surface area contributed by atoms with Crippen molar-refractivity contribution < 1.29 is 18.0 Å². The van der Waals surface area contributed by atoms with Crippen molar-refractivity contribution in [1.29, 1.82) is 0 Å². The minimum Gasteiger partial charge on any atom is -0.354 e. The van der Waals surface area contributed by atoms with Crippen LogP contribution >= 0.6 is 0 Å². The zero-order valence-corrected chi connectivity index (χ0v) is 16.8. The highest BCUT2D eigenvalue weighted by Gasteiger charge is 2.32. The zero-order chi connectivity index (χ0) is 20.7. The summed E-state index contributed by atoms with van der Waals surface area (Å²) in [5.74, 6) is -0.392. The van der Waals surface area contributed by atoms with Gasteiger partial charge in [-0.05, 0) is 17.7 Å². The topological polar surface area (TPSA) is 108 Å². The summed E-state index contributed by atoms with van der Waals surface area (Å²) in [4.78, 5) is 30.7. The molecule has 3 rings (SSSR count). The van der Waals surface area contributed by atoms with Gasteiger partial charge >= 0.3 is 0 Å². The number of amides is 2. The Hall–Kier alpha value is -2.78. The third kappa shape index (κ3) is 6.10. The van der Waals surface area contributed by atoms with E-state index in [0.717, 1.165) is 5.56 Å². The summed E-state index contributed by atoms with van der Waals surface area (Å²) in [6.07, 6.45) is 3.29. The number of anilines is 1. The first-order chi connectivity index (χ1) is 13.9. The lowest BCUT2D eigenvalue weighted by Crippen LogP contribution is -2.47. The third-order valence-corrected chi connectivity index (χ3v) is 6.31. The SMILES string of the molecule is O=C(CCNC(=O)C(c1ccccc1)N1CCS(=O)(=O)CC1)Nc1cccnc1. The fourth-order valence-corrected chi connectivity index (χ4v) is 4.43. The Balaban J connectivity index is 1.59. The first kappa shape index (κ1) is 20.9. The first-order valence-corrected chi connectivity index (χ1v) is 11.2. The highest BCUT2D eigenvalue weighted by molar-refractivity contribution is 7.91. The summed E-state index contributed by atoms with van der Waals surface area (Å²) in [5.41, 5.74) is 1.39. The summed E-state index contributed by atoms with van der Waals surface area (Å²) in [5, 5.41) is 5.53. The van der Waals surface area contributed by atoms with Crippen LogP contribution in [-0.2, 0) is 19.4 Å². The molecule has 1 atom stereocenters. The van der Waals surface area contributed by atoms with Gasteiger partial charge in [-0.1, -0.05) is 30.3 Å². The molecule has 0 spiro atoms. The van der Waals surface area contributed by atoms with E-state index in [4.69, 9.17) is 0 Å². The number of pyridine rings is 1. The molecule has 0 aliphatic carbocycles. The summed E-state index contributed by atoms with van der Waals surface area (Å²) in [6, 6.07) is 12.1. The van der Waals surface area contributed by atoms with Crippen LogP contribution in [0.4, 0.5) is 5.69 Å². The van der Waals surface area contributed by atoms with Gasteiger partial charge in [0.2, 0.25) is 11.8 Å². The number of hydrogen-bond donors (Lipinski definition) is 2. The maximum Gasteiger partial charge on any atom is 0.241 e. The van der Waals surface area contributed by atoms with E-state index in [1.807, 2.05) is 35.2 Å². The second-order valence-corrected chi connectivity index (χ2v) is 9.14. The van der Waals surface area contributed by atoms with E-state index in [1.165, 1.54) is 0 Å². The molecule has 0 bridgehead atoms. The molecular formula is C20H24N4O4S. The molecule has 29 heavy (non-hydrogen) atoms. The van der Waals surface area contributed by atoms with Crippen molar-refractivity contribution in [3.63, 3.8) is 0 Å². The van der Waals surface area contributed by atoms with Gasteiger partial charge in [0.15, 0.2) is 9.84 Å². The molecule has 2 aromatic rings. The summed E-state index contributed by atoms with van der Waals surface area (Å²) < 4.78 is 23.5. The summed E-state index contributed by atoms with van der Waals surface area (Å²) in [7, 11) is -3.05. The lowest BCUT2D eigenvalue weighted by molar-refractivity contribution is -0.126. The number of carbonyl (C=O) groups is 2. The van der Waals surface area contributed by atoms with Gasteiger partial charge in [-0.25, -0.2) is 8.42 Å². The zero-order valence-electron chi connectivity index (χ0n) is 16.0. The van der Waals surface area contributed by atoms with Gasteiger partial charge < -0.3 is 10.6 Å². The number of rotatable bonds is 7. The highest BCUT2D eigenvalue weighted by Crippen LogP contribution is 2.23. The number of nitrogens with one attached hydrogen (secondary N) is 2. The summed E-state index contributed by atoms with van der Waals surface area (Å²) in [6.45, 7) is 0.786. The molecule has 154 valence electrons. The van der Waals surface area contributed by atoms with Crippen molar-refractivity contribution in [3.8, 4) is 0 Å². The van der Waals surface area contributed by atoms with Crippen LogP contribution in [0.1, 0.15) is 18.0 Å². The number of sulfone groups is 1. The molecule has 1 saturated heterocycles. The van der Waals surface area contributed by atoms with Gasteiger partial charge in [-0.3, -0.25) is 19.5 Å². The van der Waals surface area contributed by atoms with Gasteiger partial charge in [-0.2, -0.15) is 0 Å². The Morgan fingerprint density at radius 3 is 2.45 bits per heavy atom. The minimum absolute atomic E-state index is 0.0388. The van der Waals surface area contributed by atoms with E-state index < -0.39 is 15.9 Å². The van der Waals surface area contributed by atoms with Gasteiger partial charge in [0, 0.05) is 32.3 Å². The molecule has 2 N–H and O–H groups in total. The first-order valence-electron chi connectivity index (χ1n) is 9.42. The highest BCUT2D eigenvalue weighted by atomic mass is 32.2. The molecule has 1 aliphatic heterocycles. The van der Waals surface area contributed by atoms with Gasteiger partial charge in [0.1, 0.15) is 6.04 Å². The van der Waals surface area contributed by atoms with Gasteiger partial charge in [0.25, 0.3) is 0 Å². The van der Waals surface area contributed by atoms with Crippen molar-refractivity contribution in [2.75, 3.05) is 36.5 Å². The van der Waals surface area contributed by atoms with Crippen molar-refractivity contribution in [3.05, 3.63) is 60.4 Å². The van der Waals surface area contributed by atoms with Gasteiger partial charge in [-0.15, -0.1) is 0 Å². The van der Waals surface area contributed by atoms with Crippen molar-refractivity contribution in [2.24, 2.45) is 0 Å². The molecule has 1 aromatic carbocycles. The van der Waals surface area contributed by atoms with E-state index in [2.05, 4.69) is 15.6 Å². The number of nitrogens with zero attached hydrogens (tertiary/aromatic N) is 2. The predicted octanol–water partition coefficient (Wildman–Crippen LogP) is 0.998. The molecule has 8 nitrogen and oxygen atoms in total. The maximum atomic E-state index is 12.9. The molecule has 0 saturated carbocycles. The molecule has 0 radical (unpaired) electrons. The maximum absolute atomic E-state index is 12.9. The molecule has 9 heteroatoms. The van der Waals surface area contributed by atoms with Crippen molar-refractivity contribution in [2.45, 2.75) is 12.5 Å². The standard InChI is InChI=1S/C20H24N4O4S/c25-18(23-17-7-4-9-21-15-17)8-10-22-20(26)19(16-5-2-1-3-6-16)24-11-13-29(27,28)14-12-24/h1-7,9,15,19H,8,10-14H2,(H,22,26)(H,23,25). The lowest BCUT2D eigenvalue weighted by atomic mass is 10.0. The second kappa shape index (κ2) is 9.62. The second-order valence-electron chi connectivity index (χ2n) is 6.83. The van der Waals surface area contributed by atoms with E-state index in [-0.39, 0.29) is 36.3 Å². The number of carbonyl (C=O) groups excluding carboxylic acids is 2. The fraction of sp³-hybridized carbons (Fsp3) is 0.350. The van der Waals surface area contributed by atoms with Gasteiger partial charge in [0.05, 0.1) is 23.4 Å². The molecule has 1 aromatic heterocycles. The van der Waals surface area contributed by atoms with Crippen LogP contribution in [0.3, 0.4) is 0 Å². The minimum atomic E-state index is -3.05. The molecule has 2 amide bonds.